The van der Waals surface area contributed by atoms with Crippen molar-refractivity contribution in [3.63, 3.8) is 0 Å². The van der Waals surface area contributed by atoms with Gasteiger partial charge >= 0.3 is 0 Å². The van der Waals surface area contributed by atoms with Gasteiger partial charge in [-0.1, -0.05) is 146 Å². The molecule has 6 heteroatoms. The molecule has 9 aromatic rings. The lowest BCUT2D eigenvalue weighted by molar-refractivity contribution is 0.0946. The van der Waals surface area contributed by atoms with Crippen LogP contribution >= 0.6 is 0 Å². The van der Waals surface area contributed by atoms with Gasteiger partial charge in [0.1, 0.15) is 0 Å². The lowest BCUT2D eigenvalue weighted by Crippen LogP contribution is -2.00. The van der Waals surface area contributed by atoms with Crippen LogP contribution in [0.5, 0.6) is 0 Å². The second-order valence-corrected chi connectivity index (χ2v) is 16.1. The second-order valence-electron chi connectivity index (χ2n) is 16.1. The van der Waals surface area contributed by atoms with Gasteiger partial charge in [0.05, 0.1) is 22.4 Å². The molecule has 298 valence electrons. The van der Waals surface area contributed by atoms with Crippen molar-refractivity contribution >= 4 is 33.6 Å². The zero-order valence-corrected chi connectivity index (χ0v) is 34.2. The van der Waals surface area contributed by atoms with Crippen LogP contribution in [0, 0.1) is 0 Å². The zero-order valence-electron chi connectivity index (χ0n) is 34.2. The Morgan fingerprint density at radius 2 is 0.645 bits per heavy atom. The molecule has 6 aliphatic heterocycles. The average molecular weight is 803 g/mol. The summed E-state index contributed by atoms with van der Waals surface area (Å²) in [7, 11) is 0. The molecule has 0 atom stereocenters. The molecule has 0 aliphatic carbocycles. The van der Waals surface area contributed by atoms with E-state index in [-0.39, 0.29) is 0 Å². The Kier molecular flexibility index (Phi) is 10.6. The van der Waals surface area contributed by atoms with Gasteiger partial charge in [0.25, 0.3) is 11.8 Å². The van der Waals surface area contributed by atoms with Gasteiger partial charge in [-0.2, -0.15) is 0 Å². The molecule has 0 radical (unpaired) electrons. The fraction of sp³-hybridized carbons (Fsp3) is 0.107. The predicted octanol–water partition coefficient (Wildman–Crippen LogP) is 13.5. The molecule has 2 aromatic heterocycles. The van der Waals surface area contributed by atoms with Crippen LogP contribution in [0.2, 0.25) is 0 Å². The topological polar surface area (TPSA) is 84.6 Å². The largest absolute Gasteiger partial charge is 0.295 e. The normalized spacial score (nSPS) is 13.4. The average Bonchev–Trinajstić information content (AvgIpc) is 3.33. The second kappa shape index (κ2) is 17.1. The van der Waals surface area contributed by atoms with Crippen LogP contribution in [-0.2, 0) is 25.7 Å². The van der Waals surface area contributed by atoms with Crippen molar-refractivity contribution in [2.45, 2.75) is 38.5 Å². The van der Waals surface area contributed by atoms with E-state index in [9.17, 15) is 9.59 Å². The highest BCUT2D eigenvalue weighted by atomic mass is 16.2. The van der Waals surface area contributed by atoms with Gasteiger partial charge in [0.2, 0.25) is 0 Å². The Bertz CT molecular complexity index is 2920. The Hall–Kier alpha value is -7.70. The minimum absolute atomic E-state index is 0.420. The summed E-state index contributed by atoms with van der Waals surface area (Å²) < 4.78 is 0. The van der Waals surface area contributed by atoms with Crippen LogP contribution in [0.3, 0.4) is 0 Å². The summed E-state index contributed by atoms with van der Waals surface area (Å²) in [5.74, 6) is -1.06. The van der Waals surface area contributed by atoms with E-state index in [2.05, 4.69) is 144 Å². The zero-order chi connectivity index (χ0) is 41.8. The maximum Gasteiger partial charge on any atom is 0.295 e. The number of amides is 2. The molecular formula is C56H42N4O2. The van der Waals surface area contributed by atoms with Gasteiger partial charge in [-0.25, -0.2) is 9.97 Å². The summed E-state index contributed by atoms with van der Waals surface area (Å²) in [5, 5.41) is 9.74. The number of hydrogen-bond donors (Lipinski definition) is 0. The lowest BCUT2D eigenvalue weighted by Gasteiger charge is -2.10. The molecule has 0 spiro atoms. The molecule has 0 fully saturated rings. The third-order valence-electron chi connectivity index (χ3n) is 11.9. The summed E-state index contributed by atoms with van der Waals surface area (Å²) in [6.07, 6.45) is 5.27. The fourth-order valence-electron chi connectivity index (χ4n) is 8.40. The van der Waals surface area contributed by atoms with E-state index < -0.39 is 11.8 Å². The number of fused-ring (bicyclic) bond motifs is 2. The molecule has 16 bridgehead atoms. The minimum atomic E-state index is -0.528. The highest BCUT2D eigenvalue weighted by Crippen LogP contribution is 2.31. The highest BCUT2D eigenvalue weighted by Gasteiger charge is 2.12. The standard InChI is InChI=1S/C56H42N4O2/c61-55-49-11-3-9-39(35-49)7-1-5-37-13-17-41(18-14-37)43-21-25-45(26-22-43)51-33-31-47-29-30-48-32-34-52(58-54(48)53(47)57-51)46-27-23-44(24-28-46)42-19-15-38(16-20-42)6-2-8-40-10-4-12-50(36-40)56(62)60-59-55/h3-4,9-36H,1-2,5-8H2. The highest BCUT2D eigenvalue weighted by molar-refractivity contribution is 6.04. The number of aromatic nitrogens is 2. The predicted molar refractivity (Wildman–Crippen MR) is 249 cm³/mol. The van der Waals surface area contributed by atoms with Crippen molar-refractivity contribution in [2.75, 3.05) is 0 Å². The van der Waals surface area contributed by atoms with E-state index in [0.717, 1.165) is 116 Å². The number of hydrogen-bond acceptors (Lipinski definition) is 4. The number of benzene rings is 7. The molecule has 0 saturated heterocycles. The number of carbonyl (C=O) groups excluding carboxylic acids is 2. The monoisotopic (exact) mass is 802 g/mol. The third-order valence-corrected chi connectivity index (χ3v) is 11.9. The first kappa shape index (κ1) is 38.5. The summed E-state index contributed by atoms with van der Waals surface area (Å²) in [4.78, 5) is 36.4. The van der Waals surface area contributed by atoms with Crippen molar-refractivity contribution in [1.82, 2.24) is 9.97 Å². The van der Waals surface area contributed by atoms with Crippen molar-refractivity contribution < 1.29 is 9.59 Å². The molecule has 6 nitrogen and oxygen atoms in total. The van der Waals surface area contributed by atoms with Crippen LogP contribution in [0.25, 0.3) is 66.6 Å². The summed E-state index contributed by atoms with van der Waals surface area (Å²) in [6.45, 7) is 0. The first-order valence-electron chi connectivity index (χ1n) is 21.3. The van der Waals surface area contributed by atoms with E-state index in [4.69, 9.17) is 9.97 Å². The maximum atomic E-state index is 13.0. The lowest BCUT2D eigenvalue weighted by atomic mass is 9.98. The molecule has 0 saturated carbocycles. The van der Waals surface area contributed by atoms with Crippen LogP contribution in [0.4, 0.5) is 0 Å². The first-order chi connectivity index (χ1) is 30.5. The molecule has 0 unspecified atom stereocenters. The van der Waals surface area contributed by atoms with E-state index in [1.807, 2.05) is 36.4 Å². The number of azo groups is 1. The molecule has 62 heavy (non-hydrogen) atoms. The molecule has 6 aliphatic rings. The number of rotatable bonds is 0. The SMILES string of the molecule is O=C1N=NC(=O)c2cccc(c2)CCCc2ccc(cc2)-c2ccc(cc2)-c2ccc3ccc4ccc(nc4c3n2)-c2ccc(cc2)-c2ccc(cc2)CCCc2cccc1c2. The molecule has 8 heterocycles. The molecule has 2 amide bonds. The van der Waals surface area contributed by atoms with Crippen LogP contribution in [0.15, 0.2) is 192 Å². The first-order valence-corrected chi connectivity index (χ1v) is 21.3. The fourth-order valence-corrected chi connectivity index (χ4v) is 8.40. The number of carbonyl (C=O) groups is 2. The summed E-state index contributed by atoms with van der Waals surface area (Å²) in [5.41, 5.74) is 15.7. The Balaban J connectivity index is 0.944. The summed E-state index contributed by atoms with van der Waals surface area (Å²) in [6, 6.07) is 62.3. The van der Waals surface area contributed by atoms with Gasteiger partial charge in [0, 0.05) is 33.0 Å². The van der Waals surface area contributed by atoms with Crippen molar-refractivity contribution in [3.8, 4) is 44.8 Å². The molecule has 0 N–H and O–H groups in total. The molecule has 7 aromatic carbocycles. The maximum absolute atomic E-state index is 13.0. The van der Waals surface area contributed by atoms with Crippen molar-refractivity contribution in [2.24, 2.45) is 10.2 Å². The van der Waals surface area contributed by atoms with Crippen LogP contribution in [0.1, 0.15) is 55.8 Å². The Labute approximate surface area is 360 Å². The van der Waals surface area contributed by atoms with E-state index in [1.165, 1.54) is 11.1 Å². The van der Waals surface area contributed by atoms with Gasteiger partial charge in [0.15, 0.2) is 0 Å². The van der Waals surface area contributed by atoms with E-state index in [1.54, 1.807) is 12.1 Å². The smallest absolute Gasteiger partial charge is 0.265 e. The van der Waals surface area contributed by atoms with Gasteiger partial charge in [-0.05, 0) is 119 Å². The quantitative estimate of drug-likeness (QED) is 0.143. The van der Waals surface area contributed by atoms with Crippen molar-refractivity contribution in [1.29, 1.82) is 0 Å². The van der Waals surface area contributed by atoms with Crippen LogP contribution < -0.4 is 0 Å². The molecular weight excluding hydrogens is 761 g/mol. The Morgan fingerprint density at radius 3 is 1.05 bits per heavy atom. The van der Waals surface area contributed by atoms with Gasteiger partial charge < -0.3 is 0 Å². The number of pyridine rings is 2. The minimum Gasteiger partial charge on any atom is -0.265 e. The van der Waals surface area contributed by atoms with Crippen LogP contribution in [-0.4, -0.2) is 21.8 Å². The molecule has 15 rings (SSSR count). The van der Waals surface area contributed by atoms with E-state index >= 15 is 0 Å². The third kappa shape index (κ3) is 8.36. The Morgan fingerprint density at radius 1 is 0.306 bits per heavy atom. The van der Waals surface area contributed by atoms with E-state index in [0.29, 0.717) is 11.1 Å². The number of aryl methyl sites for hydroxylation is 4. The summed E-state index contributed by atoms with van der Waals surface area (Å²) >= 11 is 0. The number of nitrogens with zero attached hydrogens (tertiary/aromatic N) is 4. The van der Waals surface area contributed by atoms with Gasteiger partial charge in [-0.15, -0.1) is 10.2 Å². The van der Waals surface area contributed by atoms with Gasteiger partial charge in [-0.3, -0.25) is 9.59 Å². The van der Waals surface area contributed by atoms with Crippen molar-refractivity contribution in [3.05, 3.63) is 215 Å².